The summed E-state index contributed by atoms with van der Waals surface area (Å²) in [5, 5.41) is 7.40. The van der Waals surface area contributed by atoms with E-state index in [-0.39, 0.29) is 6.04 Å². The van der Waals surface area contributed by atoms with Crippen molar-refractivity contribution in [3.05, 3.63) is 71.3 Å². The van der Waals surface area contributed by atoms with Crippen molar-refractivity contribution in [2.24, 2.45) is 0 Å². The van der Waals surface area contributed by atoms with E-state index in [0.29, 0.717) is 5.11 Å². The molecule has 2 aromatic carbocycles. The van der Waals surface area contributed by atoms with Crippen molar-refractivity contribution in [1.29, 1.82) is 0 Å². The van der Waals surface area contributed by atoms with Gasteiger partial charge in [0.2, 0.25) is 0 Å². The topological polar surface area (TPSA) is 27.3 Å². The molecule has 0 bridgehead atoms. The van der Waals surface area contributed by atoms with Crippen LogP contribution in [0.5, 0.6) is 0 Å². The van der Waals surface area contributed by atoms with Crippen molar-refractivity contribution < 1.29 is 0 Å². The first-order valence-electron chi connectivity index (χ1n) is 7.87. The lowest BCUT2D eigenvalue weighted by Crippen LogP contribution is -2.40. The molecule has 0 fully saturated rings. The summed E-state index contributed by atoms with van der Waals surface area (Å²) < 4.78 is 0. The Kier molecular flexibility index (Phi) is 6.56. The quantitative estimate of drug-likeness (QED) is 0.797. The molecule has 2 N–H and O–H groups in total. The largest absolute Gasteiger partial charge is 0.361 e. The summed E-state index contributed by atoms with van der Waals surface area (Å²) in [5.74, 6) is 0. The standard InChI is InChI=1S/C19H25N3S/c1-15-9-11-17(12-10-15)18(16-7-5-4-6-8-16)21-19(23)20-13-14-22(2)3/h4-12,18H,13-14H2,1-3H3,(H2,20,21,23)/t18-/m0/s1. The van der Waals surface area contributed by atoms with Crippen LogP contribution in [0.3, 0.4) is 0 Å². The predicted octanol–water partition coefficient (Wildman–Crippen LogP) is 3.11. The van der Waals surface area contributed by atoms with Gasteiger partial charge in [0.05, 0.1) is 6.04 Å². The Morgan fingerprint density at radius 2 is 1.61 bits per heavy atom. The molecule has 0 aliphatic heterocycles. The molecule has 0 saturated carbocycles. The number of hydrogen-bond donors (Lipinski definition) is 2. The Hall–Kier alpha value is -1.91. The average Bonchev–Trinajstić information content (AvgIpc) is 2.54. The maximum atomic E-state index is 5.47. The number of thiocarbonyl (C=S) groups is 1. The van der Waals surface area contributed by atoms with E-state index < -0.39 is 0 Å². The highest BCUT2D eigenvalue weighted by Gasteiger charge is 2.14. The molecule has 2 rings (SSSR count). The number of nitrogens with one attached hydrogen (secondary N) is 2. The Labute approximate surface area is 144 Å². The summed E-state index contributed by atoms with van der Waals surface area (Å²) in [4.78, 5) is 2.13. The van der Waals surface area contributed by atoms with Crippen LogP contribution in [-0.4, -0.2) is 37.2 Å². The molecule has 0 spiro atoms. The van der Waals surface area contributed by atoms with Gasteiger partial charge in [0.1, 0.15) is 0 Å². The second-order valence-electron chi connectivity index (χ2n) is 5.96. The zero-order valence-electron chi connectivity index (χ0n) is 14.0. The van der Waals surface area contributed by atoms with Crippen LogP contribution in [0, 0.1) is 6.92 Å². The Morgan fingerprint density at radius 3 is 2.22 bits per heavy atom. The number of likely N-dealkylation sites (N-methyl/N-ethyl adjacent to an activating group) is 1. The van der Waals surface area contributed by atoms with Gasteiger partial charge in [-0.05, 0) is 44.4 Å². The van der Waals surface area contributed by atoms with Gasteiger partial charge in [-0.2, -0.15) is 0 Å². The minimum Gasteiger partial charge on any atom is -0.361 e. The van der Waals surface area contributed by atoms with Gasteiger partial charge in [0.25, 0.3) is 0 Å². The fourth-order valence-electron chi connectivity index (χ4n) is 2.34. The van der Waals surface area contributed by atoms with Gasteiger partial charge >= 0.3 is 0 Å². The van der Waals surface area contributed by atoms with Gasteiger partial charge in [-0.1, -0.05) is 60.2 Å². The molecule has 2 aromatic rings. The molecule has 23 heavy (non-hydrogen) atoms. The molecule has 0 aliphatic rings. The zero-order valence-corrected chi connectivity index (χ0v) is 14.9. The highest BCUT2D eigenvalue weighted by atomic mass is 32.1. The van der Waals surface area contributed by atoms with Crippen molar-refractivity contribution in [2.75, 3.05) is 27.2 Å². The normalized spacial score (nSPS) is 12.0. The number of benzene rings is 2. The fourth-order valence-corrected chi connectivity index (χ4v) is 2.56. The molecule has 0 radical (unpaired) electrons. The van der Waals surface area contributed by atoms with E-state index in [9.17, 15) is 0 Å². The van der Waals surface area contributed by atoms with Crippen LogP contribution in [0.2, 0.25) is 0 Å². The molecule has 3 nitrogen and oxygen atoms in total. The van der Waals surface area contributed by atoms with Crippen molar-refractivity contribution in [3.8, 4) is 0 Å². The van der Waals surface area contributed by atoms with Gasteiger partial charge in [-0.25, -0.2) is 0 Å². The highest BCUT2D eigenvalue weighted by molar-refractivity contribution is 7.80. The summed E-state index contributed by atoms with van der Waals surface area (Å²) in [5.41, 5.74) is 3.67. The molecule has 0 unspecified atom stereocenters. The summed E-state index contributed by atoms with van der Waals surface area (Å²) >= 11 is 5.47. The van der Waals surface area contributed by atoms with Crippen LogP contribution in [0.25, 0.3) is 0 Å². The SMILES string of the molecule is Cc1ccc([C@@H](NC(=S)NCCN(C)C)c2ccccc2)cc1. The number of aryl methyl sites for hydroxylation is 1. The van der Waals surface area contributed by atoms with Crippen LogP contribution in [0.1, 0.15) is 22.7 Å². The molecular formula is C19H25N3S. The second-order valence-corrected chi connectivity index (χ2v) is 6.37. The van der Waals surface area contributed by atoms with Crippen LogP contribution < -0.4 is 10.6 Å². The van der Waals surface area contributed by atoms with E-state index in [2.05, 4.69) is 85.1 Å². The molecule has 4 heteroatoms. The van der Waals surface area contributed by atoms with Gasteiger partial charge in [0.15, 0.2) is 5.11 Å². The van der Waals surface area contributed by atoms with E-state index in [4.69, 9.17) is 12.2 Å². The summed E-state index contributed by atoms with van der Waals surface area (Å²) in [6, 6.07) is 19.0. The van der Waals surface area contributed by atoms with Crippen LogP contribution in [-0.2, 0) is 0 Å². The lowest BCUT2D eigenvalue weighted by atomic mass is 9.98. The van der Waals surface area contributed by atoms with Gasteiger partial charge in [-0.3, -0.25) is 0 Å². The summed E-state index contributed by atoms with van der Waals surface area (Å²) in [7, 11) is 4.11. The molecule has 0 aliphatic carbocycles. The van der Waals surface area contributed by atoms with Crippen LogP contribution in [0.15, 0.2) is 54.6 Å². The maximum Gasteiger partial charge on any atom is 0.167 e. The monoisotopic (exact) mass is 327 g/mol. The molecule has 0 saturated heterocycles. The van der Waals surface area contributed by atoms with Crippen molar-refractivity contribution in [3.63, 3.8) is 0 Å². The van der Waals surface area contributed by atoms with E-state index >= 15 is 0 Å². The third-order valence-corrected chi connectivity index (χ3v) is 3.93. The predicted molar refractivity (Wildman–Crippen MR) is 102 cm³/mol. The Balaban J connectivity index is 2.11. The fraction of sp³-hybridized carbons (Fsp3) is 0.316. The minimum atomic E-state index is 0.0520. The maximum absolute atomic E-state index is 5.47. The lowest BCUT2D eigenvalue weighted by molar-refractivity contribution is 0.412. The smallest absolute Gasteiger partial charge is 0.167 e. The average molecular weight is 327 g/mol. The minimum absolute atomic E-state index is 0.0520. The highest BCUT2D eigenvalue weighted by Crippen LogP contribution is 2.22. The van der Waals surface area contributed by atoms with E-state index in [1.54, 1.807) is 0 Å². The third-order valence-electron chi connectivity index (χ3n) is 3.66. The molecule has 122 valence electrons. The first kappa shape index (κ1) is 17.4. The molecule has 0 heterocycles. The van der Waals surface area contributed by atoms with Gasteiger partial charge in [-0.15, -0.1) is 0 Å². The molecule has 1 atom stereocenters. The Morgan fingerprint density at radius 1 is 1.00 bits per heavy atom. The number of rotatable bonds is 6. The first-order chi connectivity index (χ1) is 11.1. The number of hydrogen-bond acceptors (Lipinski definition) is 2. The van der Waals surface area contributed by atoms with Crippen LogP contribution >= 0.6 is 12.2 Å². The summed E-state index contributed by atoms with van der Waals surface area (Å²) in [6.07, 6.45) is 0. The second kappa shape index (κ2) is 8.65. The first-order valence-corrected chi connectivity index (χ1v) is 8.27. The van der Waals surface area contributed by atoms with E-state index in [1.165, 1.54) is 16.7 Å². The number of nitrogens with zero attached hydrogens (tertiary/aromatic N) is 1. The zero-order chi connectivity index (χ0) is 16.7. The van der Waals surface area contributed by atoms with Crippen molar-refractivity contribution in [2.45, 2.75) is 13.0 Å². The van der Waals surface area contributed by atoms with Crippen molar-refractivity contribution in [1.82, 2.24) is 15.5 Å². The molecular weight excluding hydrogens is 302 g/mol. The van der Waals surface area contributed by atoms with Gasteiger partial charge in [0, 0.05) is 13.1 Å². The molecule has 0 amide bonds. The Bertz CT molecular complexity index is 608. The van der Waals surface area contributed by atoms with E-state index in [1.807, 2.05) is 6.07 Å². The van der Waals surface area contributed by atoms with Crippen LogP contribution in [0.4, 0.5) is 0 Å². The van der Waals surface area contributed by atoms with Gasteiger partial charge < -0.3 is 15.5 Å². The van der Waals surface area contributed by atoms with Crippen molar-refractivity contribution >= 4 is 17.3 Å². The van der Waals surface area contributed by atoms with E-state index in [0.717, 1.165) is 13.1 Å². The summed E-state index contributed by atoms with van der Waals surface area (Å²) in [6.45, 7) is 3.87. The third kappa shape index (κ3) is 5.66. The lowest BCUT2D eigenvalue weighted by Gasteiger charge is -2.22. The molecule has 0 aromatic heterocycles.